The molecule has 0 spiro atoms. The molecule has 0 fully saturated rings. The zero-order valence-corrected chi connectivity index (χ0v) is 60.7. The molecule has 0 atom stereocenters. The van der Waals surface area contributed by atoms with Gasteiger partial charge in [-0.3, -0.25) is 43.1 Å². The van der Waals surface area contributed by atoms with E-state index >= 15 is 0 Å². The third kappa shape index (κ3) is 51.4. The Labute approximate surface area is 552 Å². The van der Waals surface area contributed by atoms with Crippen LogP contribution in [0.5, 0.6) is 0 Å². The third-order valence-corrected chi connectivity index (χ3v) is 13.4. The molecule has 0 saturated heterocycles. The number of para-hydroxylation sites is 3. The normalized spacial score (nSPS) is 8.93. The quantitative estimate of drug-likeness (QED) is 0.0748. The van der Waals surface area contributed by atoms with Crippen LogP contribution in [0.15, 0.2) is 116 Å². The smallest absolute Gasteiger partial charge is 0.228 e. The van der Waals surface area contributed by atoms with Gasteiger partial charge in [0.25, 0.3) is 0 Å². The molecule has 0 aliphatic heterocycles. The average molecular weight is 1330 g/mol. The van der Waals surface area contributed by atoms with E-state index in [4.69, 9.17) is 59.9 Å². The van der Waals surface area contributed by atoms with Crippen LogP contribution in [-0.4, -0.2) is 176 Å². The van der Waals surface area contributed by atoms with Crippen molar-refractivity contribution in [3.05, 3.63) is 132 Å². The van der Waals surface area contributed by atoms with Gasteiger partial charge in [-0.25, -0.2) is 0 Å². The summed E-state index contributed by atoms with van der Waals surface area (Å²) in [5, 5.41) is 4.58. The van der Waals surface area contributed by atoms with E-state index in [-0.39, 0.29) is 55.5 Å². The minimum absolute atomic E-state index is 0.0115. The van der Waals surface area contributed by atoms with Gasteiger partial charge in [0.1, 0.15) is 5.15 Å². The van der Waals surface area contributed by atoms with Crippen molar-refractivity contribution in [1.29, 1.82) is 0 Å². The first-order valence-corrected chi connectivity index (χ1v) is 31.3. The fraction of sp³-hybridized carbons (Fsp3) is 0.444. The topological polar surface area (TPSA) is 160 Å². The molecule has 0 radical (unpaired) electrons. The molecule has 0 aliphatic carbocycles. The number of anilines is 3. The summed E-state index contributed by atoms with van der Waals surface area (Å²) < 4.78 is 1.36. The maximum absolute atomic E-state index is 11.7. The fourth-order valence-electron chi connectivity index (χ4n) is 5.00. The minimum Gasteiger partial charge on any atom is -0.373 e. The van der Waals surface area contributed by atoms with E-state index in [1.54, 1.807) is 89.0 Å². The molecule has 1 aromatic heterocycles. The van der Waals surface area contributed by atoms with Gasteiger partial charge in [0, 0.05) is 141 Å². The Morgan fingerprint density at radius 1 is 0.535 bits per heavy atom. The molecule has 0 unspecified atom stereocenters. The number of halogens is 2. The van der Waals surface area contributed by atoms with Crippen LogP contribution in [-0.2, 0) is 35.8 Å². The van der Waals surface area contributed by atoms with Gasteiger partial charge in [0.15, 0.2) is 21.2 Å². The summed E-state index contributed by atoms with van der Waals surface area (Å²) in [6.07, 6.45) is 5.16. The Hall–Kier alpha value is -5.81. The van der Waals surface area contributed by atoms with E-state index in [2.05, 4.69) is 43.9 Å². The van der Waals surface area contributed by atoms with Crippen LogP contribution in [0, 0.1) is 0 Å². The molecule has 4 rings (SSSR count). The molecule has 23 heteroatoms. The molecule has 4 amide bonds. The van der Waals surface area contributed by atoms with Crippen molar-refractivity contribution in [2.45, 2.75) is 96.9 Å². The first-order valence-electron chi connectivity index (χ1n) is 27.1. The van der Waals surface area contributed by atoms with E-state index in [1.807, 2.05) is 150 Å². The maximum Gasteiger partial charge on any atom is 0.228 e. The molecule has 3 aromatic carbocycles. The second kappa shape index (κ2) is 57.0. The van der Waals surface area contributed by atoms with E-state index in [0.29, 0.717) is 13.1 Å². The Morgan fingerprint density at radius 3 is 1.03 bits per heavy atom. The first-order chi connectivity index (χ1) is 40.0. The number of hydrogen-bond acceptors (Lipinski definition) is 13. The Kier molecular flexibility index (Phi) is 60.5. The summed E-state index contributed by atoms with van der Waals surface area (Å²) >= 11 is 28.4. The highest BCUT2D eigenvalue weighted by Crippen LogP contribution is 2.25. The lowest BCUT2D eigenvalue weighted by Gasteiger charge is -2.21. The fourth-order valence-corrected chi connectivity index (χ4v) is 6.44. The Morgan fingerprint density at radius 2 is 0.895 bits per heavy atom. The monoisotopic (exact) mass is 1320 g/mol. The SMILES string of the molecule is C=CCN(CC=C)C(C)=O.CC(=O)N(C)C.CC(=O)N(C)c1ccccc1.CC(=O)N(c1ccccc1)c1ccccc1.CC(=O)c1c(Cl)nn(C)c1Cl.CC(=S)N(C)C.CCN(C)C(C)=S.CCN(CC)C(C)=S.CCSC(C)=O.CSC(C)=O. The van der Waals surface area contributed by atoms with Crippen molar-refractivity contribution < 1.29 is 33.6 Å². The maximum atomic E-state index is 11.7. The Bertz CT molecular complexity index is 2520. The lowest BCUT2D eigenvalue weighted by atomic mass is 10.2. The standard InChI is InChI=1S/C14H13NO.C9H11NO.C8H13NO.C6H6Cl2N2O.C6H13NS.C5H11NS.C4H9NO.C4H9NS.C4H8OS.C3H6OS/c1-12(16)15(13-8-4-2-5-9-13)14-10-6-3-7-11-14;1-8(11)10(2)9-6-4-3-5-7-9;1-4-6-9(7-5-2)8(3)10;1-3(11)4-5(7)9-10(2)6(4)8;1-4-7(5-2)6(3)8;1-4-6(3)5(2)7;2*1-4(6)5(2)3;1-3-6-4(2)5;1-3(4)5-2/h2-11H,1H3;3-7H,1-2H3;4-5H,1-2,6-7H2,3H3;1-2H3;4-5H2,1-3H3;4H2,1-3H3;2*1-3H3;3H2,1-2H3;1-2H3. The largest absolute Gasteiger partial charge is 0.373 e. The van der Waals surface area contributed by atoms with Crippen molar-refractivity contribution >= 4 is 155 Å². The average Bonchev–Trinajstić information content (AvgIpc) is 3.93. The summed E-state index contributed by atoms with van der Waals surface area (Å²) in [5.41, 5.74) is 3.00. The van der Waals surface area contributed by atoms with Crippen LogP contribution in [0.2, 0.25) is 10.3 Å². The van der Waals surface area contributed by atoms with E-state index in [0.717, 1.165) is 57.4 Å². The van der Waals surface area contributed by atoms with Gasteiger partial charge in [-0.05, 0) is 96.9 Å². The molecular weight excluding hydrogens is 1230 g/mol. The van der Waals surface area contributed by atoms with Gasteiger partial charge < -0.3 is 29.4 Å². The van der Waals surface area contributed by atoms with Crippen molar-refractivity contribution in [2.24, 2.45) is 7.05 Å². The van der Waals surface area contributed by atoms with Crippen molar-refractivity contribution in [2.75, 3.05) is 96.8 Å². The van der Waals surface area contributed by atoms with Crippen LogP contribution >= 0.6 is 83.4 Å². The molecule has 1 heterocycles. The van der Waals surface area contributed by atoms with E-state index < -0.39 is 0 Å². The van der Waals surface area contributed by atoms with Gasteiger partial charge >= 0.3 is 0 Å². The number of nitrogens with zero attached hydrogens (tertiary/aromatic N) is 9. The number of rotatable bonds is 12. The number of aryl methyl sites for hydroxylation is 1. The number of amides is 4. The lowest BCUT2D eigenvalue weighted by Crippen LogP contribution is -2.28. The van der Waals surface area contributed by atoms with Gasteiger partial charge in [-0.2, -0.15) is 5.10 Å². The van der Waals surface area contributed by atoms with E-state index in [9.17, 15) is 33.6 Å². The number of carbonyl (C=O) groups excluding carboxylic acids is 7. The molecule has 0 aliphatic rings. The zero-order valence-electron chi connectivity index (χ0n) is 55.2. The van der Waals surface area contributed by atoms with Gasteiger partial charge in [0.05, 0.1) is 20.5 Å². The van der Waals surface area contributed by atoms with Gasteiger partial charge in [0.2, 0.25) is 23.6 Å². The van der Waals surface area contributed by atoms with Crippen LogP contribution in [0.1, 0.15) is 107 Å². The molecule has 16 nitrogen and oxygen atoms in total. The van der Waals surface area contributed by atoms with Crippen LogP contribution in [0.4, 0.5) is 17.1 Å². The molecule has 0 saturated carbocycles. The highest BCUT2D eigenvalue weighted by atomic mass is 35.5. The molecule has 482 valence electrons. The number of aromatic nitrogens is 2. The highest BCUT2D eigenvalue weighted by molar-refractivity contribution is 8.13. The number of carbonyl (C=O) groups is 7. The number of hydrogen-bond donors (Lipinski definition) is 0. The predicted octanol–water partition coefficient (Wildman–Crippen LogP) is 14.3. The van der Waals surface area contributed by atoms with Crippen molar-refractivity contribution in [3.63, 3.8) is 0 Å². The van der Waals surface area contributed by atoms with Crippen LogP contribution < -0.4 is 9.80 Å². The summed E-state index contributed by atoms with van der Waals surface area (Å²) in [5.74, 6) is 0.937. The van der Waals surface area contributed by atoms with Crippen molar-refractivity contribution in [1.82, 2.24) is 34.3 Å². The number of Topliss-reactive ketones (excluding diaryl/α,β-unsaturated/α-hetero) is 1. The summed E-state index contributed by atoms with van der Waals surface area (Å²) in [6.45, 7) is 36.1. The number of thioether (sulfide) groups is 2. The summed E-state index contributed by atoms with van der Waals surface area (Å²) in [4.78, 5) is 89.5. The molecule has 0 bridgehead atoms. The second-order valence-electron chi connectivity index (χ2n) is 17.7. The minimum atomic E-state index is -0.173. The predicted molar refractivity (Wildman–Crippen MR) is 384 cm³/mol. The van der Waals surface area contributed by atoms with Crippen LogP contribution in [0.25, 0.3) is 0 Å². The van der Waals surface area contributed by atoms with Gasteiger partial charge in [-0.15, -0.1) is 13.2 Å². The summed E-state index contributed by atoms with van der Waals surface area (Å²) in [7, 11) is 12.7. The van der Waals surface area contributed by atoms with Crippen molar-refractivity contribution in [3.8, 4) is 0 Å². The Balaban J connectivity index is -0.000000211. The molecule has 4 aromatic rings. The zero-order chi connectivity index (χ0) is 68.2. The molecular formula is C63H99Cl2N9O7S5. The number of thiocarbonyl (C=S) groups is 3. The second-order valence-corrected chi connectivity index (χ2v) is 22.7. The number of benzene rings is 3. The highest BCUT2D eigenvalue weighted by Gasteiger charge is 2.16. The van der Waals surface area contributed by atoms with Crippen LogP contribution in [0.3, 0.4) is 0 Å². The third-order valence-electron chi connectivity index (χ3n) is 10.5. The molecule has 86 heavy (non-hydrogen) atoms. The summed E-state index contributed by atoms with van der Waals surface area (Å²) in [6, 6.07) is 28.8. The number of ketones is 1. The molecule has 0 N–H and O–H groups in total. The van der Waals surface area contributed by atoms with E-state index in [1.165, 1.54) is 53.9 Å². The lowest BCUT2D eigenvalue weighted by molar-refractivity contribution is -0.128. The first kappa shape index (κ1) is 91.4. The van der Waals surface area contributed by atoms with Gasteiger partial charge in [-0.1, -0.05) is 157 Å².